The summed E-state index contributed by atoms with van der Waals surface area (Å²) in [4.78, 5) is 20.6. The second-order valence-electron chi connectivity index (χ2n) is 5.51. The van der Waals surface area contributed by atoms with Crippen LogP contribution < -0.4 is 10.6 Å². The van der Waals surface area contributed by atoms with E-state index >= 15 is 0 Å². The molecule has 1 heterocycles. The minimum atomic E-state index is 0.0254. The Balaban J connectivity index is 1.76. The number of halogens is 1. The first-order chi connectivity index (χ1) is 10.9. The van der Waals surface area contributed by atoms with Gasteiger partial charge in [-0.25, -0.2) is 9.97 Å². The Morgan fingerprint density at radius 3 is 2.48 bits per heavy atom. The van der Waals surface area contributed by atoms with E-state index in [2.05, 4.69) is 49.3 Å². The summed E-state index contributed by atoms with van der Waals surface area (Å²) in [5, 5.41) is 6.11. The van der Waals surface area contributed by atoms with Crippen molar-refractivity contribution in [2.24, 2.45) is 0 Å². The summed E-state index contributed by atoms with van der Waals surface area (Å²) in [6.45, 7) is 6.55. The minimum absolute atomic E-state index is 0.0254. The van der Waals surface area contributed by atoms with Crippen molar-refractivity contribution in [1.29, 1.82) is 0 Å². The molecular weight excluding hydrogens is 403 g/mol. The molecule has 122 valence electrons. The van der Waals surface area contributed by atoms with E-state index < -0.39 is 0 Å². The molecule has 0 bridgehead atoms. The lowest BCUT2D eigenvalue weighted by molar-refractivity contribution is -0.116. The van der Waals surface area contributed by atoms with Crippen molar-refractivity contribution >= 4 is 40.1 Å². The van der Waals surface area contributed by atoms with Crippen LogP contribution in [0, 0.1) is 24.3 Å². The molecule has 1 amide bonds. The number of hydrogen-bond acceptors (Lipinski definition) is 4. The van der Waals surface area contributed by atoms with E-state index in [9.17, 15) is 4.79 Å². The average Bonchev–Trinajstić information content (AvgIpc) is 2.46. The fourth-order valence-corrected chi connectivity index (χ4v) is 2.88. The zero-order valence-electron chi connectivity index (χ0n) is 13.6. The molecule has 0 aliphatic rings. The number of nitrogens with zero attached hydrogens (tertiary/aromatic N) is 2. The number of hydrogen-bond donors (Lipinski definition) is 2. The monoisotopic (exact) mass is 424 g/mol. The summed E-state index contributed by atoms with van der Waals surface area (Å²) in [7, 11) is 0. The quantitative estimate of drug-likeness (QED) is 0.547. The zero-order chi connectivity index (χ0) is 16.8. The number of benzene rings is 1. The third-order valence-corrected chi connectivity index (χ3v) is 3.98. The Morgan fingerprint density at radius 1 is 1.13 bits per heavy atom. The largest absolute Gasteiger partial charge is 0.354 e. The van der Waals surface area contributed by atoms with Crippen molar-refractivity contribution in [3.8, 4) is 0 Å². The number of amides is 1. The molecule has 5 nitrogen and oxygen atoms in total. The normalized spacial score (nSPS) is 10.4. The van der Waals surface area contributed by atoms with E-state index in [0.29, 0.717) is 18.9 Å². The van der Waals surface area contributed by atoms with Crippen LogP contribution in [0.15, 0.2) is 24.3 Å². The van der Waals surface area contributed by atoms with Gasteiger partial charge in [-0.2, -0.15) is 0 Å². The van der Waals surface area contributed by atoms with Crippen LogP contribution in [0.5, 0.6) is 0 Å². The molecule has 23 heavy (non-hydrogen) atoms. The fourth-order valence-electron chi connectivity index (χ4n) is 2.23. The number of aryl methyl sites for hydroxylation is 3. The molecule has 6 heteroatoms. The Hall–Kier alpha value is -1.70. The number of nitrogens with one attached hydrogen (secondary N) is 2. The van der Waals surface area contributed by atoms with Crippen LogP contribution in [-0.4, -0.2) is 22.4 Å². The molecule has 0 radical (unpaired) electrons. The first kappa shape index (κ1) is 17.7. The molecule has 0 unspecified atom stereocenters. The van der Waals surface area contributed by atoms with Crippen LogP contribution >= 0.6 is 22.6 Å². The van der Waals surface area contributed by atoms with Crippen LogP contribution in [0.1, 0.15) is 29.8 Å². The second-order valence-corrected chi connectivity index (χ2v) is 6.76. The Labute approximate surface area is 150 Å². The maximum Gasteiger partial charge on any atom is 0.224 e. The molecule has 0 saturated heterocycles. The van der Waals surface area contributed by atoms with Gasteiger partial charge in [0.15, 0.2) is 0 Å². The first-order valence-corrected chi connectivity index (χ1v) is 8.64. The van der Waals surface area contributed by atoms with Gasteiger partial charge in [-0.1, -0.05) is 0 Å². The first-order valence-electron chi connectivity index (χ1n) is 7.56. The van der Waals surface area contributed by atoms with E-state index in [4.69, 9.17) is 0 Å². The highest BCUT2D eigenvalue weighted by molar-refractivity contribution is 14.1. The second kappa shape index (κ2) is 8.24. The highest BCUT2D eigenvalue weighted by Gasteiger charge is 2.05. The number of rotatable bonds is 6. The van der Waals surface area contributed by atoms with Crippen molar-refractivity contribution in [1.82, 2.24) is 9.97 Å². The van der Waals surface area contributed by atoms with Gasteiger partial charge in [0.1, 0.15) is 0 Å². The molecule has 2 aromatic rings. The maximum absolute atomic E-state index is 12.0. The third-order valence-electron chi connectivity index (χ3n) is 3.31. The van der Waals surface area contributed by atoms with E-state index in [1.807, 2.05) is 39.0 Å². The predicted molar refractivity (Wildman–Crippen MR) is 102 cm³/mol. The van der Waals surface area contributed by atoms with Gasteiger partial charge >= 0.3 is 0 Å². The zero-order valence-corrected chi connectivity index (χ0v) is 15.8. The molecule has 0 aliphatic carbocycles. The van der Waals surface area contributed by atoms with Crippen molar-refractivity contribution in [3.63, 3.8) is 0 Å². The standard InChI is InChI=1S/C17H21IN4O/c1-11-9-14(18)6-7-15(11)22-16(23)5-4-8-19-17-20-12(2)10-13(3)21-17/h6-7,9-10H,4-5,8H2,1-3H3,(H,22,23)(H,19,20,21). The maximum atomic E-state index is 12.0. The summed E-state index contributed by atoms with van der Waals surface area (Å²) >= 11 is 2.26. The van der Waals surface area contributed by atoms with Gasteiger partial charge in [0.25, 0.3) is 0 Å². The lowest BCUT2D eigenvalue weighted by Crippen LogP contribution is -2.15. The smallest absolute Gasteiger partial charge is 0.224 e. The summed E-state index contributed by atoms with van der Waals surface area (Å²) in [6.07, 6.45) is 1.19. The van der Waals surface area contributed by atoms with Gasteiger partial charge in [0.2, 0.25) is 11.9 Å². The lowest BCUT2D eigenvalue weighted by atomic mass is 10.2. The average molecular weight is 424 g/mol. The number of carbonyl (C=O) groups is 1. The molecule has 0 aliphatic heterocycles. The van der Waals surface area contributed by atoms with Crippen LogP contribution in [-0.2, 0) is 4.79 Å². The Morgan fingerprint density at radius 2 is 1.83 bits per heavy atom. The lowest BCUT2D eigenvalue weighted by Gasteiger charge is -2.09. The molecule has 0 fully saturated rings. The van der Waals surface area contributed by atoms with E-state index in [1.165, 1.54) is 0 Å². The molecule has 1 aromatic carbocycles. The fraction of sp³-hybridized carbons (Fsp3) is 0.353. The summed E-state index contributed by atoms with van der Waals surface area (Å²) in [6, 6.07) is 7.91. The Bertz CT molecular complexity index is 683. The predicted octanol–water partition coefficient (Wildman–Crippen LogP) is 3.84. The molecule has 1 aromatic heterocycles. The Kier molecular flexibility index (Phi) is 6.32. The van der Waals surface area contributed by atoms with Crippen molar-refractivity contribution < 1.29 is 4.79 Å². The minimum Gasteiger partial charge on any atom is -0.354 e. The number of aromatic nitrogens is 2. The molecular formula is C17H21IN4O. The van der Waals surface area contributed by atoms with Crippen molar-refractivity contribution in [2.75, 3.05) is 17.2 Å². The highest BCUT2D eigenvalue weighted by atomic mass is 127. The number of anilines is 2. The number of carbonyl (C=O) groups excluding carboxylic acids is 1. The van der Waals surface area contributed by atoms with Crippen LogP contribution in [0.25, 0.3) is 0 Å². The van der Waals surface area contributed by atoms with Gasteiger partial charge in [-0.3, -0.25) is 4.79 Å². The van der Waals surface area contributed by atoms with Gasteiger partial charge in [0.05, 0.1) is 0 Å². The van der Waals surface area contributed by atoms with Gasteiger partial charge in [0, 0.05) is 33.6 Å². The van der Waals surface area contributed by atoms with E-state index in [0.717, 1.165) is 32.6 Å². The SMILES string of the molecule is Cc1cc(C)nc(NCCCC(=O)Nc2ccc(I)cc2C)n1. The van der Waals surface area contributed by atoms with Crippen molar-refractivity contribution in [3.05, 3.63) is 44.8 Å². The molecule has 2 N–H and O–H groups in total. The van der Waals surface area contributed by atoms with Gasteiger partial charge in [-0.05, 0) is 79.6 Å². The molecule has 0 atom stereocenters. The third kappa shape index (κ3) is 5.78. The highest BCUT2D eigenvalue weighted by Crippen LogP contribution is 2.18. The topological polar surface area (TPSA) is 66.9 Å². The van der Waals surface area contributed by atoms with Crippen LogP contribution in [0.2, 0.25) is 0 Å². The van der Waals surface area contributed by atoms with Crippen LogP contribution in [0.4, 0.5) is 11.6 Å². The van der Waals surface area contributed by atoms with E-state index in [1.54, 1.807) is 0 Å². The summed E-state index contributed by atoms with van der Waals surface area (Å²) < 4.78 is 1.16. The molecule has 0 saturated carbocycles. The van der Waals surface area contributed by atoms with E-state index in [-0.39, 0.29) is 5.91 Å². The summed E-state index contributed by atoms with van der Waals surface area (Å²) in [5.74, 6) is 0.647. The summed E-state index contributed by atoms with van der Waals surface area (Å²) in [5.41, 5.74) is 3.83. The molecule has 0 spiro atoms. The van der Waals surface area contributed by atoms with Crippen molar-refractivity contribution in [2.45, 2.75) is 33.6 Å². The van der Waals surface area contributed by atoms with Crippen LogP contribution in [0.3, 0.4) is 0 Å². The van der Waals surface area contributed by atoms with Gasteiger partial charge < -0.3 is 10.6 Å². The molecule has 2 rings (SSSR count). The van der Waals surface area contributed by atoms with Gasteiger partial charge in [-0.15, -0.1) is 0 Å².